The summed E-state index contributed by atoms with van der Waals surface area (Å²) in [5.74, 6) is 0. The van der Waals surface area contributed by atoms with Gasteiger partial charge in [0.25, 0.3) is 0 Å². The molecule has 120 valence electrons. The van der Waals surface area contributed by atoms with Crippen LogP contribution in [0, 0.1) is 6.92 Å². The van der Waals surface area contributed by atoms with E-state index in [-0.39, 0.29) is 21.1 Å². The van der Waals surface area contributed by atoms with Gasteiger partial charge in [0, 0.05) is 5.69 Å². The summed E-state index contributed by atoms with van der Waals surface area (Å²) in [6.45, 7) is 1.36. The Labute approximate surface area is 129 Å². The van der Waals surface area contributed by atoms with Gasteiger partial charge in [-0.25, -0.2) is 17.9 Å². The maximum Gasteiger partial charge on any atom is 0.433 e. The van der Waals surface area contributed by atoms with Gasteiger partial charge >= 0.3 is 6.18 Å². The standard InChI is InChI=1S/C14H10F3N3O2S/c1-9-7-12(14(15,16)17)20-13(19-9)11(8-18-20)23(21,22)10-5-3-2-4-6-10/h2-8H,1H3. The quantitative estimate of drug-likeness (QED) is 0.719. The Balaban J connectivity index is 2.31. The molecule has 0 unspecified atom stereocenters. The summed E-state index contributed by atoms with van der Waals surface area (Å²) in [6, 6.07) is 8.23. The zero-order valence-corrected chi connectivity index (χ0v) is 12.6. The molecule has 2 heterocycles. The molecule has 1 aromatic carbocycles. The summed E-state index contributed by atoms with van der Waals surface area (Å²) in [5.41, 5.74) is -1.37. The molecule has 9 heteroatoms. The van der Waals surface area contributed by atoms with Gasteiger partial charge in [0.2, 0.25) is 9.84 Å². The van der Waals surface area contributed by atoms with Crippen molar-refractivity contribution in [3.8, 4) is 0 Å². The summed E-state index contributed by atoms with van der Waals surface area (Å²) >= 11 is 0. The molecule has 0 atom stereocenters. The Morgan fingerprint density at radius 3 is 2.39 bits per heavy atom. The molecule has 0 saturated carbocycles. The number of alkyl halides is 3. The molecular formula is C14H10F3N3O2S. The van der Waals surface area contributed by atoms with Crippen LogP contribution in [0.1, 0.15) is 11.4 Å². The highest BCUT2D eigenvalue weighted by Gasteiger charge is 2.36. The minimum atomic E-state index is -4.67. The van der Waals surface area contributed by atoms with Crippen molar-refractivity contribution < 1.29 is 21.6 Å². The maximum atomic E-state index is 13.1. The number of nitrogens with zero attached hydrogens (tertiary/aromatic N) is 3. The third-order valence-electron chi connectivity index (χ3n) is 3.20. The lowest BCUT2D eigenvalue weighted by atomic mass is 10.3. The van der Waals surface area contributed by atoms with E-state index in [9.17, 15) is 21.6 Å². The first kappa shape index (κ1) is 15.5. The normalized spacial score (nSPS) is 12.7. The first-order valence-electron chi connectivity index (χ1n) is 6.44. The van der Waals surface area contributed by atoms with Gasteiger partial charge in [-0.05, 0) is 25.1 Å². The van der Waals surface area contributed by atoms with Crippen LogP contribution in [0.4, 0.5) is 13.2 Å². The molecule has 3 rings (SSSR count). The minimum Gasteiger partial charge on any atom is -0.233 e. The molecule has 0 radical (unpaired) electrons. The number of aromatic nitrogens is 3. The smallest absolute Gasteiger partial charge is 0.233 e. The fourth-order valence-electron chi connectivity index (χ4n) is 2.18. The second-order valence-electron chi connectivity index (χ2n) is 4.84. The molecule has 0 amide bonds. The fourth-order valence-corrected chi connectivity index (χ4v) is 3.51. The summed E-state index contributed by atoms with van der Waals surface area (Å²) in [4.78, 5) is 3.52. The lowest BCUT2D eigenvalue weighted by molar-refractivity contribution is -0.142. The highest BCUT2D eigenvalue weighted by atomic mass is 32.2. The first-order chi connectivity index (χ1) is 10.7. The number of sulfone groups is 1. The molecule has 2 aromatic heterocycles. The van der Waals surface area contributed by atoms with Crippen LogP contribution in [0.2, 0.25) is 0 Å². The monoisotopic (exact) mass is 341 g/mol. The molecule has 0 spiro atoms. The molecule has 0 aliphatic heterocycles. The van der Waals surface area contributed by atoms with E-state index >= 15 is 0 Å². The number of halogens is 3. The zero-order valence-electron chi connectivity index (χ0n) is 11.7. The molecule has 0 fully saturated rings. The maximum absolute atomic E-state index is 13.1. The van der Waals surface area contributed by atoms with Crippen molar-refractivity contribution in [3.05, 3.63) is 54.0 Å². The van der Waals surface area contributed by atoms with Gasteiger partial charge in [-0.3, -0.25) is 0 Å². The number of fused-ring (bicyclic) bond motifs is 1. The van der Waals surface area contributed by atoms with Gasteiger partial charge in [-0.2, -0.15) is 18.3 Å². The Bertz CT molecular complexity index is 980. The summed E-state index contributed by atoms with van der Waals surface area (Å²) in [5, 5.41) is 3.57. The van der Waals surface area contributed by atoms with Crippen molar-refractivity contribution in [1.29, 1.82) is 0 Å². The van der Waals surface area contributed by atoms with Crippen LogP contribution in [-0.4, -0.2) is 23.0 Å². The van der Waals surface area contributed by atoms with E-state index in [0.717, 1.165) is 12.3 Å². The van der Waals surface area contributed by atoms with E-state index in [1.807, 2.05) is 0 Å². The third-order valence-corrected chi connectivity index (χ3v) is 4.96. The summed E-state index contributed by atoms with van der Waals surface area (Å²) in [7, 11) is -4.01. The summed E-state index contributed by atoms with van der Waals surface area (Å²) in [6.07, 6.45) is -3.79. The third kappa shape index (κ3) is 2.56. The van der Waals surface area contributed by atoms with Crippen molar-refractivity contribution in [2.24, 2.45) is 0 Å². The molecule has 5 nitrogen and oxygen atoms in total. The number of benzene rings is 1. The summed E-state index contributed by atoms with van der Waals surface area (Å²) < 4.78 is 65.0. The van der Waals surface area contributed by atoms with Gasteiger partial charge in [-0.15, -0.1) is 0 Å². The average Bonchev–Trinajstić information content (AvgIpc) is 2.90. The fraction of sp³-hybridized carbons (Fsp3) is 0.143. The van der Waals surface area contributed by atoms with Crippen LogP contribution in [0.15, 0.2) is 52.4 Å². The van der Waals surface area contributed by atoms with Crippen LogP contribution in [0.25, 0.3) is 5.65 Å². The van der Waals surface area contributed by atoms with Gasteiger partial charge in [0.05, 0.1) is 11.1 Å². The Hall–Kier alpha value is -2.42. The van der Waals surface area contributed by atoms with Crippen LogP contribution in [0.3, 0.4) is 0 Å². The highest BCUT2D eigenvalue weighted by Crippen LogP contribution is 2.32. The van der Waals surface area contributed by atoms with Gasteiger partial charge in [-0.1, -0.05) is 18.2 Å². The van der Waals surface area contributed by atoms with Crippen LogP contribution >= 0.6 is 0 Å². The van der Waals surface area contributed by atoms with E-state index in [1.54, 1.807) is 6.07 Å². The van der Waals surface area contributed by atoms with E-state index in [2.05, 4.69) is 10.1 Å². The van der Waals surface area contributed by atoms with Crippen LogP contribution in [-0.2, 0) is 16.0 Å². The number of hydrogen-bond acceptors (Lipinski definition) is 4. The molecule has 0 N–H and O–H groups in total. The van der Waals surface area contributed by atoms with Crippen molar-refractivity contribution in [3.63, 3.8) is 0 Å². The second-order valence-corrected chi connectivity index (χ2v) is 6.76. The predicted molar refractivity (Wildman–Crippen MR) is 74.6 cm³/mol. The largest absolute Gasteiger partial charge is 0.433 e. The first-order valence-corrected chi connectivity index (χ1v) is 7.92. The van der Waals surface area contributed by atoms with E-state index in [0.29, 0.717) is 4.52 Å². The van der Waals surface area contributed by atoms with Gasteiger partial charge in [0.1, 0.15) is 10.6 Å². The minimum absolute atomic E-state index is 0.0354. The number of rotatable bonds is 2. The molecule has 3 aromatic rings. The average molecular weight is 341 g/mol. The van der Waals surface area contributed by atoms with E-state index in [1.165, 1.54) is 31.2 Å². The topological polar surface area (TPSA) is 64.3 Å². The van der Waals surface area contributed by atoms with E-state index in [4.69, 9.17) is 0 Å². The van der Waals surface area contributed by atoms with Crippen molar-refractivity contribution in [2.45, 2.75) is 22.9 Å². The van der Waals surface area contributed by atoms with Crippen molar-refractivity contribution in [2.75, 3.05) is 0 Å². The number of aryl methyl sites for hydroxylation is 1. The highest BCUT2D eigenvalue weighted by molar-refractivity contribution is 7.91. The Morgan fingerprint density at radius 1 is 1.13 bits per heavy atom. The molecule has 23 heavy (non-hydrogen) atoms. The van der Waals surface area contributed by atoms with Crippen LogP contribution in [0.5, 0.6) is 0 Å². The van der Waals surface area contributed by atoms with Gasteiger partial charge < -0.3 is 0 Å². The van der Waals surface area contributed by atoms with Gasteiger partial charge in [0.15, 0.2) is 5.65 Å². The van der Waals surface area contributed by atoms with E-state index < -0.39 is 21.7 Å². The molecule has 0 aliphatic carbocycles. The molecule has 0 bridgehead atoms. The van der Waals surface area contributed by atoms with Crippen LogP contribution < -0.4 is 0 Å². The predicted octanol–water partition coefficient (Wildman–Crippen LogP) is 2.89. The Morgan fingerprint density at radius 2 is 1.78 bits per heavy atom. The molecule has 0 saturated heterocycles. The number of hydrogen-bond donors (Lipinski definition) is 0. The lowest BCUT2D eigenvalue weighted by Crippen LogP contribution is -2.14. The lowest BCUT2D eigenvalue weighted by Gasteiger charge is -2.10. The molecular weight excluding hydrogens is 331 g/mol. The second kappa shape index (κ2) is 5.05. The Kier molecular flexibility index (Phi) is 3.40. The van der Waals surface area contributed by atoms with Crippen molar-refractivity contribution in [1.82, 2.24) is 14.6 Å². The SMILES string of the molecule is Cc1cc(C(F)(F)F)n2ncc(S(=O)(=O)c3ccccc3)c2n1. The zero-order chi connectivity index (χ0) is 16.8. The van der Waals surface area contributed by atoms with Crippen molar-refractivity contribution >= 4 is 15.5 Å². The molecule has 0 aliphatic rings.